The van der Waals surface area contributed by atoms with Gasteiger partial charge >= 0.3 is 150 Å². The summed E-state index contributed by atoms with van der Waals surface area (Å²) in [5.41, 5.74) is 1.96. The zero-order valence-corrected chi connectivity index (χ0v) is 18.3. The van der Waals surface area contributed by atoms with Gasteiger partial charge in [0.1, 0.15) is 0 Å². The van der Waals surface area contributed by atoms with Crippen LogP contribution in [0, 0.1) is 28.6 Å². The molecule has 4 aliphatic carbocycles. The fourth-order valence-corrected chi connectivity index (χ4v) is 9.36. The molecule has 4 aliphatic rings. The van der Waals surface area contributed by atoms with Crippen LogP contribution in [0.15, 0.2) is 11.6 Å². The summed E-state index contributed by atoms with van der Waals surface area (Å²) in [5, 5.41) is 10.5. The molecule has 3 saturated carbocycles. The first-order chi connectivity index (χ1) is 10.4. The van der Waals surface area contributed by atoms with Crippen molar-refractivity contribution in [2.45, 2.75) is 68.4 Å². The molecular weight excluding hydrogens is 467 g/mol. The molecule has 7 atom stereocenters. The van der Waals surface area contributed by atoms with E-state index in [1.807, 2.05) is 6.08 Å². The van der Waals surface area contributed by atoms with E-state index in [1.54, 1.807) is 0 Å². The van der Waals surface area contributed by atoms with Crippen molar-refractivity contribution in [2.75, 3.05) is 0 Å². The van der Waals surface area contributed by atoms with E-state index >= 15 is 0 Å². The van der Waals surface area contributed by atoms with Gasteiger partial charge in [-0.2, -0.15) is 0 Å². The van der Waals surface area contributed by atoms with E-state index in [2.05, 4.69) is 13.8 Å². The SMILES string of the molecule is C[C@]12CC[C@H]3[C@@H](CCC4=CC(=O)C[CH]([PbH])[C@@]43C)[C@@H]1CC[C@@H]2O. The summed E-state index contributed by atoms with van der Waals surface area (Å²) in [4.78, 5) is 12.0. The van der Waals surface area contributed by atoms with Crippen molar-refractivity contribution in [1.29, 1.82) is 0 Å². The molecule has 0 spiro atoms. The van der Waals surface area contributed by atoms with Gasteiger partial charge in [-0.25, -0.2) is 0 Å². The van der Waals surface area contributed by atoms with Crippen molar-refractivity contribution in [3.63, 3.8) is 0 Å². The van der Waals surface area contributed by atoms with Crippen molar-refractivity contribution in [3.8, 4) is 0 Å². The van der Waals surface area contributed by atoms with Gasteiger partial charge in [0.15, 0.2) is 0 Å². The van der Waals surface area contributed by atoms with Gasteiger partial charge in [-0.15, -0.1) is 0 Å². The van der Waals surface area contributed by atoms with Gasteiger partial charge in [0, 0.05) is 0 Å². The van der Waals surface area contributed by atoms with Crippen LogP contribution in [0.2, 0.25) is 3.48 Å². The summed E-state index contributed by atoms with van der Waals surface area (Å²) < 4.78 is 0.642. The number of hydrogen-bond acceptors (Lipinski definition) is 2. The molecule has 3 fully saturated rings. The number of ketones is 1. The Balaban J connectivity index is 1.72. The summed E-state index contributed by atoms with van der Waals surface area (Å²) in [6.07, 6.45) is 9.82. The first kappa shape index (κ1) is 15.8. The third-order valence-corrected chi connectivity index (χ3v) is 11.7. The molecule has 1 unspecified atom stereocenters. The Morgan fingerprint density at radius 2 is 1.95 bits per heavy atom. The summed E-state index contributed by atoms with van der Waals surface area (Å²) in [5.74, 6) is 2.65. The second kappa shape index (κ2) is 5.14. The number of aliphatic hydroxyl groups is 1. The van der Waals surface area contributed by atoms with Crippen LogP contribution in [0.3, 0.4) is 0 Å². The average Bonchev–Trinajstić information content (AvgIpc) is 2.77. The number of rotatable bonds is 0. The summed E-state index contributed by atoms with van der Waals surface area (Å²) in [6, 6.07) is 0. The van der Waals surface area contributed by atoms with Gasteiger partial charge < -0.3 is 0 Å². The Morgan fingerprint density at radius 3 is 2.73 bits per heavy atom. The molecule has 0 aliphatic heterocycles. The number of carbonyl (C=O) groups is 1. The van der Waals surface area contributed by atoms with Crippen LogP contribution in [0.1, 0.15) is 58.8 Å². The zero-order chi connectivity index (χ0) is 15.7. The topological polar surface area (TPSA) is 37.3 Å². The molecule has 1 N–H and O–H groups in total. The number of fused-ring (bicyclic) bond motifs is 5. The first-order valence-electron chi connectivity index (χ1n) is 9.05. The fourth-order valence-electron chi connectivity index (χ4n) is 6.66. The third kappa shape index (κ3) is 1.95. The van der Waals surface area contributed by atoms with Gasteiger partial charge in [-0.05, 0) is 0 Å². The van der Waals surface area contributed by atoms with Crippen molar-refractivity contribution >= 4 is 31.6 Å². The van der Waals surface area contributed by atoms with E-state index in [9.17, 15) is 9.90 Å². The number of allylic oxidation sites excluding steroid dienone is 1. The second-order valence-electron chi connectivity index (χ2n) is 8.78. The Labute approximate surface area is 149 Å². The Morgan fingerprint density at radius 1 is 1.18 bits per heavy atom. The van der Waals surface area contributed by atoms with Crippen LogP contribution in [-0.2, 0) is 4.79 Å². The quantitative estimate of drug-likeness (QED) is 0.525. The molecule has 3 heteroatoms. The van der Waals surface area contributed by atoms with Crippen LogP contribution in [0.5, 0.6) is 0 Å². The summed E-state index contributed by atoms with van der Waals surface area (Å²) in [6.45, 7) is 4.84. The normalized spacial score (nSPS) is 54.3. The van der Waals surface area contributed by atoms with E-state index in [1.165, 1.54) is 31.3 Å². The average molecular weight is 496 g/mol. The molecular formula is C19H28O2Pb. The summed E-state index contributed by atoms with van der Waals surface area (Å²) in [7, 11) is 0. The molecule has 4 rings (SSSR count). The van der Waals surface area contributed by atoms with Crippen LogP contribution >= 0.6 is 0 Å². The standard InChI is InChI=1S/C19H27O2.Pb.H/c1-18-9-7-13(20)11-12(18)3-4-14-15-5-6-17(21)19(15,2)10-8-16(14)18;;/h9,11,14-17,21H,3-8,10H2,1-2H3;;/t14-,15-,16-,17-,18-,19-;;/m0../s1. The third-order valence-electron chi connectivity index (χ3n) is 8.12. The Kier molecular flexibility index (Phi) is 3.69. The van der Waals surface area contributed by atoms with Crippen molar-refractivity contribution in [2.24, 2.45) is 28.6 Å². The van der Waals surface area contributed by atoms with E-state index in [0.29, 0.717) is 14.7 Å². The van der Waals surface area contributed by atoms with Crippen LogP contribution in [0.4, 0.5) is 0 Å². The maximum atomic E-state index is 12.0. The molecule has 2 nitrogen and oxygen atoms in total. The van der Waals surface area contributed by atoms with Crippen LogP contribution < -0.4 is 0 Å². The number of aliphatic hydroxyl groups excluding tert-OH is 1. The monoisotopic (exact) mass is 496 g/mol. The fraction of sp³-hybridized carbons (Fsp3) is 0.842. The zero-order valence-electron chi connectivity index (χ0n) is 13.8. The molecule has 2 radical (unpaired) electrons. The number of hydrogen-bond donors (Lipinski definition) is 1. The first-order valence-corrected chi connectivity index (χ1v) is 11.6. The second-order valence-corrected chi connectivity index (χ2v) is 11.9. The predicted octanol–water partition coefficient (Wildman–Crippen LogP) is 3.18. The Hall–Kier alpha value is 0.292. The predicted molar refractivity (Wildman–Crippen MR) is 89.0 cm³/mol. The van der Waals surface area contributed by atoms with Gasteiger partial charge in [0.25, 0.3) is 0 Å². The molecule has 0 aromatic rings. The molecule has 120 valence electrons. The van der Waals surface area contributed by atoms with Gasteiger partial charge in [-0.1, -0.05) is 0 Å². The van der Waals surface area contributed by atoms with Crippen LogP contribution in [0.25, 0.3) is 0 Å². The van der Waals surface area contributed by atoms with E-state index in [4.69, 9.17) is 0 Å². The molecule has 22 heavy (non-hydrogen) atoms. The van der Waals surface area contributed by atoms with E-state index in [-0.39, 0.29) is 11.5 Å². The molecule has 0 amide bonds. The molecule has 0 aromatic heterocycles. The molecule has 0 saturated heterocycles. The molecule has 0 bridgehead atoms. The van der Waals surface area contributed by atoms with E-state index < -0.39 is 0 Å². The van der Waals surface area contributed by atoms with Gasteiger partial charge in [-0.3, -0.25) is 0 Å². The minimum absolute atomic E-state index is 0.0789. The van der Waals surface area contributed by atoms with Crippen LogP contribution in [-0.4, -0.2) is 42.8 Å². The summed E-state index contributed by atoms with van der Waals surface area (Å²) >= 11 is 0.892. The van der Waals surface area contributed by atoms with Crippen molar-refractivity contribution < 1.29 is 9.90 Å². The van der Waals surface area contributed by atoms with Crippen molar-refractivity contribution in [1.82, 2.24) is 0 Å². The molecule has 0 aromatic carbocycles. The van der Waals surface area contributed by atoms with Crippen molar-refractivity contribution in [3.05, 3.63) is 11.6 Å². The van der Waals surface area contributed by atoms with E-state index in [0.717, 1.165) is 62.8 Å². The number of carbonyl (C=O) groups excluding carboxylic acids is 1. The maximum absolute atomic E-state index is 12.0. The molecule has 0 heterocycles. The van der Waals surface area contributed by atoms with Gasteiger partial charge in [0.2, 0.25) is 0 Å². The minimum atomic E-state index is -0.0789. The Bertz CT molecular complexity index is 542. The van der Waals surface area contributed by atoms with Gasteiger partial charge in [0.05, 0.1) is 0 Å².